The zero-order chi connectivity index (χ0) is 18.7. The molecule has 0 fully saturated rings. The standard InChI is InChI=1S/C21H23NO4/c1-22(2,25)11-5-8-18-17-7-4-3-6-16(17)14-26-20-10-9-15(12-19(18)20)13-21(23)24/h3-4,6-10,12H,5,11,13-14H2,1-2H3,(H,23,24)/b18-8-. The van der Waals surface area contributed by atoms with Crippen LogP contribution in [0.2, 0.25) is 0 Å². The molecule has 0 radical (unpaired) electrons. The highest BCUT2D eigenvalue weighted by Crippen LogP contribution is 2.37. The van der Waals surface area contributed by atoms with Crippen molar-refractivity contribution in [2.45, 2.75) is 19.4 Å². The second-order valence-corrected chi connectivity index (χ2v) is 7.05. The van der Waals surface area contributed by atoms with E-state index < -0.39 is 5.97 Å². The van der Waals surface area contributed by atoms with Gasteiger partial charge in [-0.2, -0.15) is 0 Å². The van der Waals surface area contributed by atoms with Gasteiger partial charge in [0.1, 0.15) is 12.4 Å². The van der Waals surface area contributed by atoms with Crippen molar-refractivity contribution in [2.75, 3.05) is 20.6 Å². The minimum absolute atomic E-state index is 0.0350. The van der Waals surface area contributed by atoms with Crippen molar-refractivity contribution in [3.8, 4) is 5.75 Å². The molecule has 2 aromatic carbocycles. The van der Waals surface area contributed by atoms with Crippen LogP contribution in [0.15, 0.2) is 48.5 Å². The topological polar surface area (TPSA) is 69.6 Å². The third-order valence-corrected chi connectivity index (χ3v) is 4.40. The molecule has 0 amide bonds. The fraction of sp³-hybridized carbons (Fsp3) is 0.286. The summed E-state index contributed by atoms with van der Waals surface area (Å²) in [5, 5.41) is 21.0. The maximum absolute atomic E-state index is 11.9. The van der Waals surface area contributed by atoms with E-state index in [-0.39, 0.29) is 11.1 Å². The van der Waals surface area contributed by atoms with Crippen molar-refractivity contribution in [3.63, 3.8) is 0 Å². The van der Waals surface area contributed by atoms with E-state index in [2.05, 4.69) is 6.08 Å². The van der Waals surface area contributed by atoms with Gasteiger partial charge in [-0.15, -0.1) is 0 Å². The Kier molecular flexibility index (Phi) is 5.11. The molecule has 3 rings (SSSR count). The molecule has 0 unspecified atom stereocenters. The molecule has 0 saturated heterocycles. The van der Waals surface area contributed by atoms with E-state index in [1.807, 2.05) is 36.4 Å². The van der Waals surface area contributed by atoms with Gasteiger partial charge in [0.2, 0.25) is 0 Å². The van der Waals surface area contributed by atoms with Crippen LogP contribution in [-0.2, 0) is 17.8 Å². The largest absolute Gasteiger partial charge is 0.633 e. The number of quaternary nitrogens is 1. The first kappa shape index (κ1) is 18.2. The van der Waals surface area contributed by atoms with Gasteiger partial charge < -0.3 is 19.7 Å². The van der Waals surface area contributed by atoms with Gasteiger partial charge in [-0.1, -0.05) is 36.4 Å². The van der Waals surface area contributed by atoms with Crippen molar-refractivity contribution in [1.82, 2.24) is 0 Å². The second-order valence-electron chi connectivity index (χ2n) is 7.05. The summed E-state index contributed by atoms with van der Waals surface area (Å²) in [6.45, 7) is 0.929. The van der Waals surface area contributed by atoms with Crippen molar-refractivity contribution >= 4 is 11.5 Å². The van der Waals surface area contributed by atoms with E-state index in [9.17, 15) is 10.0 Å². The van der Waals surface area contributed by atoms with Gasteiger partial charge >= 0.3 is 5.97 Å². The summed E-state index contributed by atoms with van der Waals surface area (Å²) in [7, 11) is 3.25. The average Bonchev–Trinajstić information content (AvgIpc) is 2.71. The quantitative estimate of drug-likeness (QED) is 0.659. The van der Waals surface area contributed by atoms with Crippen LogP contribution in [0.5, 0.6) is 5.75 Å². The zero-order valence-corrected chi connectivity index (χ0v) is 15.1. The first-order chi connectivity index (χ1) is 12.3. The van der Waals surface area contributed by atoms with E-state index >= 15 is 0 Å². The molecule has 26 heavy (non-hydrogen) atoms. The summed E-state index contributed by atoms with van der Waals surface area (Å²) in [4.78, 5) is 11.1. The van der Waals surface area contributed by atoms with Crippen LogP contribution in [0.1, 0.15) is 28.7 Å². The number of fused-ring (bicyclic) bond motifs is 2. The summed E-state index contributed by atoms with van der Waals surface area (Å²) < 4.78 is 5.61. The molecule has 0 spiro atoms. The number of hydrogen-bond donors (Lipinski definition) is 1. The van der Waals surface area contributed by atoms with Crippen LogP contribution in [0.3, 0.4) is 0 Å². The SMILES string of the molecule is C[N+](C)([O-])CC/C=C1/c2ccccc2COc2ccc(CC(=O)O)cc21. The lowest BCUT2D eigenvalue weighted by Crippen LogP contribution is -2.32. The van der Waals surface area contributed by atoms with Crippen molar-refractivity contribution < 1.29 is 19.3 Å². The van der Waals surface area contributed by atoms with Crippen LogP contribution in [0.25, 0.3) is 5.57 Å². The number of rotatable bonds is 5. The van der Waals surface area contributed by atoms with Crippen molar-refractivity contribution in [1.29, 1.82) is 0 Å². The van der Waals surface area contributed by atoms with E-state index in [1.54, 1.807) is 20.2 Å². The lowest BCUT2D eigenvalue weighted by Gasteiger charge is -2.33. The van der Waals surface area contributed by atoms with E-state index in [4.69, 9.17) is 9.84 Å². The maximum Gasteiger partial charge on any atom is 0.307 e. The number of hydroxylamine groups is 3. The van der Waals surface area contributed by atoms with Crippen LogP contribution in [0, 0.1) is 5.21 Å². The molecule has 5 nitrogen and oxygen atoms in total. The molecule has 136 valence electrons. The highest BCUT2D eigenvalue weighted by molar-refractivity contribution is 5.85. The predicted molar refractivity (Wildman–Crippen MR) is 101 cm³/mol. The first-order valence-corrected chi connectivity index (χ1v) is 8.64. The first-order valence-electron chi connectivity index (χ1n) is 8.64. The van der Waals surface area contributed by atoms with Crippen LogP contribution in [-0.4, -0.2) is 36.4 Å². The molecule has 1 aliphatic rings. The highest BCUT2D eigenvalue weighted by Gasteiger charge is 2.20. The summed E-state index contributed by atoms with van der Waals surface area (Å²) in [5.74, 6) is -0.131. The minimum atomic E-state index is -0.865. The van der Waals surface area contributed by atoms with Gasteiger partial charge in [0, 0.05) is 12.0 Å². The van der Waals surface area contributed by atoms with Gasteiger partial charge in [-0.05, 0) is 34.4 Å². The molecule has 1 heterocycles. The molecule has 5 heteroatoms. The number of benzene rings is 2. The van der Waals surface area contributed by atoms with Gasteiger partial charge in [-0.25, -0.2) is 0 Å². The van der Waals surface area contributed by atoms with E-state index in [0.717, 1.165) is 33.6 Å². The maximum atomic E-state index is 11.9. The summed E-state index contributed by atoms with van der Waals surface area (Å²) in [5.41, 5.74) is 4.74. The Bertz CT molecular complexity index is 849. The monoisotopic (exact) mass is 353 g/mol. The van der Waals surface area contributed by atoms with Gasteiger partial charge in [-0.3, -0.25) is 4.79 Å². The molecule has 0 bridgehead atoms. The smallest absolute Gasteiger partial charge is 0.307 e. The number of carboxylic acids is 1. The fourth-order valence-electron chi connectivity index (χ4n) is 3.15. The van der Waals surface area contributed by atoms with Crippen molar-refractivity contribution in [2.24, 2.45) is 0 Å². The Morgan fingerprint density at radius 3 is 2.73 bits per heavy atom. The lowest BCUT2D eigenvalue weighted by molar-refractivity contribution is -0.839. The fourth-order valence-corrected chi connectivity index (χ4v) is 3.15. The molecule has 0 aromatic heterocycles. The zero-order valence-electron chi connectivity index (χ0n) is 15.1. The summed E-state index contributed by atoms with van der Waals surface area (Å²) in [6.07, 6.45) is 2.66. The Morgan fingerprint density at radius 2 is 2.00 bits per heavy atom. The Balaban J connectivity index is 2.07. The summed E-state index contributed by atoms with van der Waals surface area (Å²) >= 11 is 0. The highest BCUT2D eigenvalue weighted by atomic mass is 16.5. The predicted octanol–water partition coefficient (Wildman–Crippen LogP) is 3.60. The van der Waals surface area contributed by atoms with Crippen molar-refractivity contribution in [3.05, 3.63) is 76.0 Å². The number of aliphatic carboxylic acids is 1. The van der Waals surface area contributed by atoms with Gasteiger partial charge in [0.05, 0.1) is 27.1 Å². The third kappa shape index (κ3) is 4.31. The second kappa shape index (κ2) is 7.32. The molecule has 1 N–H and O–H groups in total. The third-order valence-electron chi connectivity index (χ3n) is 4.40. The van der Waals surface area contributed by atoms with Crippen LogP contribution < -0.4 is 4.74 Å². The molecule has 0 saturated carbocycles. The van der Waals surface area contributed by atoms with E-state index in [0.29, 0.717) is 19.6 Å². The molecule has 1 aliphatic heterocycles. The minimum Gasteiger partial charge on any atom is -0.633 e. The van der Waals surface area contributed by atoms with Crippen LogP contribution >= 0.6 is 0 Å². The number of carboxylic acid groups (broad SMARTS) is 1. The van der Waals surface area contributed by atoms with Gasteiger partial charge in [0.25, 0.3) is 0 Å². The number of nitrogens with zero attached hydrogens (tertiary/aromatic N) is 1. The lowest BCUT2D eigenvalue weighted by atomic mass is 9.92. The number of carbonyl (C=O) groups is 1. The normalized spacial score (nSPS) is 15.0. The Labute approximate surface area is 153 Å². The summed E-state index contributed by atoms with van der Waals surface area (Å²) in [6, 6.07) is 13.5. The Morgan fingerprint density at radius 1 is 1.23 bits per heavy atom. The average molecular weight is 353 g/mol. The number of ether oxygens (including phenoxy) is 1. The van der Waals surface area contributed by atoms with E-state index in [1.165, 1.54) is 0 Å². The van der Waals surface area contributed by atoms with Gasteiger partial charge in [0.15, 0.2) is 0 Å². The Hall–Kier alpha value is -2.63. The molecular formula is C21H23NO4. The molecular weight excluding hydrogens is 330 g/mol. The molecule has 0 atom stereocenters. The molecule has 2 aromatic rings. The van der Waals surface area contributed by atoms with Crippen LogP contribution in [0.4, 0.5) is 0 Å². The number of hydrogen-bond acceptors (Lipinski definition) is 3. The molecule has 0 aliphatic carbocycles.